The average molecular weight is 407 g/mol. The lowest BCUT2D eigenvalue weighted by Crippen LogP contribution is -2.35. The van der Waals surface area contributed by atoms with Crippen molar-refractivity contribution in [2.75, 3.05) is 23.7 Å². The number of fused-ring (bicyclic) bond motifs is 1. The maximum Gasteiger partial charge on any atom is 0.236 e. The highest BCUT2D eigenvalue weighted by atomic mass is 32.2. The number of amides is 1. The van der Waals surface area contributed by atoms with Crippen LogP contribution in [-0.2, 0) is 21.1 Å². The molecule has 1 N–H and O–H groups in total. The number of carbonyl (C=O) groups is 1. The maximum absolute atomic E-state index is 12.6. The standard InChI is InChI=1S/C18H22N4O3S2/c23-16(19-15-9-5-7-13-6-1-2-8-14(13)15)12-27(24,25)18-21-20-17(26-18)22-10-3-4-11-22/h1-2,6,8,15H,3-5,7,9-12H2,(H,19,23). The van der Waals surface area contributed by atoms with Crippen molar-refractivity contribution in [3.8, 4) is 0 Å². The molecular weight excluding hydrogens is 384 g/mol. The van der Waals surface area contributed by atoms with E-state index in [4.69, 9.17) is 0 Å². The van der Waals surface area contributed by atoms with E-state index >= 15 is 0 Å². The maximum atomic E-state index is 12.6. The van der Waals surface area contributed by atoms with Crippen molar-refractivity contribution >= 4 is 32.2 Å². The Morgan fingerprint density at radius 2 is 1.96 bits per heavy atom. The molecule has 4 rings (SSSR count). The van der Waals surface area contributed by atoms with Gasteiger partial charge in [-0.25, -0.2) is 8.42 Å². The van der Waals surface area contributed by atoms with Crippen LogP contribution in [0.15, 0.2) is 28.6 Å². The molecule has 1 amide bonds. The molecule has 2 heterocycles. The van der Waals surface area contributed by atoms with Gasteiger partial charge in [-0.1, -0.05) is 35.6 Å². The van der Waals surface area contributed by atoms with Gasteiger partial charge in [0.1, 0.15) is 5.75 Å². The highest BCUT2D eigenvalue weighted by molar-refractivity contribution is 7.94. The van der Waals surface area contributed by atoms with E-state index < -0.39 is 21.5 Å². The van der Waals surface area contributed by atoms with Crippen molar-refractivity contribution in [2.45, 2.75) is 42.5 Å². The number of aromatic nitrogens is 2. The Morgan fingerprint density at radius 1 is 1.19 bits per heavy atom. The number of nitrogens with one attached hydrogen (secondary N) is 1. The quantitative estimate of drug-likeness (QED) is 0.818. The van der Waals surface area contributed by atoms with Crippen molar-refractivity contribution in [3.63, 3.8) is 0 Å². The number of sulfone groups is 1. The summed E-state index contributed by atoms with van der Waals surface area (Å²) in [7, 11) is -3.79. The lowest BCUT2D eigenvalue weighted by atomic mass is 9.88. The van der Waals surface area contributed by atoms with Crippen LogP contribution in [0.5, 0.6) is 0 Å². The lowest BCUT2D eigenvalue weighted by Gasteiger charge is -2.26. The van der Waals surface area contributed by atoms with Crippen LogP contribution in [0, 0.1) is 0 Å². The second-order valence-electron chi connectivity index (χ2n) is 7.01. The van der Waals surface area contributed by atoms with E-state index in [1.165, 1.54) is 5.56 Å². The summed E-state index contributed by atoms with van der Waals surface area (Å²) in [6, 6.07) is 7.86. The number of hydrogen-bond acceptors (Lipinski definition) is 7. The zero-order chi connectivity index (χ0) is 18.9. The van der Waals surface area contributed by atoms with Crippen LogP contribution in [-0.4, -0.2) is 43.4 Å². The molecule has 1 atom stereocenters. The number of aryl methyl sites for hydroxylation is 1. The van der Waals surface area contributed by atoms with Gasteiger partial charge in [-0.2, -0.15) is 0 Å². The van der Waals surface area contributed by atoms with Crippen LogP contribution in [0.2, 0.25) is 0 Å². The second kappa shape index (κ2) is 7.55. The van der Waals surface area contributed by atoms with Gasteiger partial charge in [0.2, 0.25) is 25.2 Å². The van der Waals surface area contributed by atoms with Gasteiger partial charge in [0, 0.05) is 13.1 Å². The molecule has 27 heavy (non-hydrogen) atoms. The van der Waals surface area contributed by atoms with E-state index in [1.807, 2.05) is 23.1 Å². The molecule has 1 unspecified atom stereocenters. The first-order valence-corrected chi connectivity index (χ1v) is 11.7. The molecule has 2 aromatic rings. The van der Waals surface area contributed by atoms with Gasteiger partial charge >= 0.3 is 0 Å². The predicted molar refractivity (Wildman–Crippen MR) is 104 cm³/mol. The second-order valence-corrected chi connectivity index (χ2v) is 10.1. The molecule has 144 valence electrons. The highest BCUT2D eigenvalue weighted by Crippen LogP contribution is 2.30. The van der Waals surface area contributed by atoms with Crippen LogP contribution < -0.4 is 10.2 Å². The summed E-state index contributed by atoms with van der Waals surface area (Å²) in [5, 5.41) is 11.3. The number of rotatable bonds is 5. The number of carbonyl (C=O) groups excluding carboxylic acids is 1. The molecule has 1 fully saturated rings. The number of hydrogen-bond donors (Lipinski definition) is 1. The summed E-state index contributed by atoms with van der Waals surface area (Å²) in [6.07, 6.45) is 4.94. The van der Waals surface area contributed by atoms with Crippen molar-refractivity contribution in [3.05, 3.63) is 35.4 Å². The third-order valence-corrected chi connectivity index (χ3v) is 8.11. The van der Waals surface area contributed by atoms with Gasteiger partial charge in [0.05, 0.1) is 6.04 Å². The first-order chi connectivity index (χ1) is 13.0. The Hall–Kier alpha value is -2.00. The van der Waals surface area contributed by atoms with Crippen molar-refractivity contribution < 1.29 is 13.2 Å². The normalized spacial score (nSPS) is 19.7. The summed E-state index contributed by atoms with van der Waals surface area (Å²) >= 11 is 1.05. The van der Waals surface area contributed by atoms with Gasteiger partial charge in [0.15, 0.2) is 0 Å². The lowest BCUT2D eigenvalue weighted by molar-refractivity contribution is -0.119. The molecule has 0 saturated carbocycles. The Morgan fingerprint density at radius 3 is 2.78 bits per heavy atom. The average Bonchev–Trinajstić information content (AvgIpc) is 3.33. The SMILES string of the molecule is O=C(CS(=O)(=O)c1nnc(N2CCCC2)s1)NC1CCCc2ccccc21. The number of anilines is 1. The third kappa shape index (κ3) is 3.98. The molecule has 0 bridgehead atoms. The third-order valence-electron chi connectivity index (χ3n) is 5.06. The van der Waals surface area contributed by atoms with Crippen LogP contribution >= 0.6 is 11.3 Å². The molecule has 1 saturated heterocycles. The van der Waals surface area contributed by atoms with Crippen molar-refractivity contribution in [2.24, 2.45) is 0 Å². The minimum atomic E-state index is -3.79. The van der Waals surface area contributed by atoms with E-state index in [9.17, 15) is 13.2 Å². The van der Waals surface area contributed by atoms with Crippen LogP contribution in [0.25, 0.3) is 0 Å². The predicted octanol–water partition coefficient (Wildman–Crippen LogP) is 2.11. The largest absolute Gasteiger partial charge is 0.348 e. The fraction of sp³-hybridized carbons (Fsp3) is 0.500. The minimum absolute atomic E-state index is 0.0800. The van der Waals surface area contributed by atoms with E-state index in [0.717, 1.165) is 62.1 Å². The highest BCUT2D eigenvalue weighted by Gasteiger charge is 2.28. The summed E-state index contributed by atoms with van der Waals surface area (Å²) in [6.45, 7) is 1.74. The Bertz CT molecular complexity index is 936. The van der Waals surface area contributed by atoms with E-state index in [0.29, 0.717) is 5.13 Å². The van der Waals surface area contributed by atoms with E-state index in [2.05, 4.69) is 21.6 Å². The Labute approximate surface area is 162 Å². The molecule has 7 nitrogen and oxygen atoms in total. The molecule has 1 aromatic carbocycles. The number of nitrogens with zero attached hydrogens (tertiary/aromatic N) is 3. The topological polar surface area (TPSA) is 92.3 Å². The van der Waals surface area contributed by atoms with Crippen molar-refractivity contribution in [1.29, 1.82) is 0 Å². The van der Waals surface area contributed by atoms with Crippen LogP contribution in [0.1, 0.15) is 42.9 Å². The Balaban J connectivity index is 1.43. The molecule has 0 spiro atoms. The summed E-state index contributed by atoms with van der Waals surface area (Å²) < 4.78 is 25.1. The van der Waals surface area contributed by atoms with Crippen molar-refractivity contribution in [1.82, 2.24) is 15.5 Å². The molecule has 1 aliphatic heterocycles. The van der Waals surface area contributed by atoms with Gasteiger partial charge in [-0.3, -0.25) is 4.79 Å². The fourth-order valence-corrected chi connectivity index (χ4v) is 6.00. The van der Waals surface area contributed by atoms with E-state index in [-0.39, 0.29) is 10.4 Å². The van der Waals surface area contributed by atoms with Gasteiger partial charge in [0.25, 0.3) is 0 Å². The van der Waals surface area contributed by atoms with Crippen LogP contribution in [0.3, 0.4) is 0 Å². The minimum Gasteiger partial charge on any atom is -0.348 e. The summed E-state index contributed by atoms with van der Waals surface area (Å²) in [5.74, 6) is -1.09. The number of benzene rings is 1. The molecule has 0 radical (unpaired) electrons. The van der Waals surface area contributed by atoms with Gasteiger partial charge in [-0.15, -0.1) is 10.2 Å². The first-order valence-electron chi connectivity index (χ1n) is 9.21. The zero-order valence-electron chi connectivity index (χ0n) is 14.9. The fourth-order valence-electron chi connectivity index (χ4n) is 3.74. The molecule has 2 aliphatic rings. The summed E-state index contributed by atoms with van der Waals surface area (Å²) in [5.41, 5.74) is 2.30. The Kier molecular flexibility index (Phi) is 5.14. The van der Waals surface area contributed by atoms with Crippen LogP contribution in [0.4, 0.5) is 5.13 Å². The van der Waals surface area contributed by atoms with E-state index in [1.54, 1.807) is 0 Å². The summed E-state index contributed by atoms with van der Waals surface area (Å²) in [4.78, 5) is 14.5. The monoisotopic (exact) mass is 406 g/mol. The zero-order valence-corrected chi connectivity index (χ0v) is 16.6. The smallest absolute Gasteiger partial charge is 0.236 e. The van der Waals surface area contributed by atoms with Gasteiger partial charge in [-0.05, 0) is 43.2 Å². The molecule has 1 aromatic heterocycles. The molecule has 1 aliphatic carbocycles. The van der Waals surface area contributed by atoms with Gasteiger partial charge < -0.3 is 10.2 Å². The molecule has 9 heteroatoms. The first kappa shape index (κ1) is 18.4. The molecular formula is C18H22N4O3S2.